The highest BCUT2D eigenvalue weighted by atomic mass is 16.5. The predicted molar refractivity (Wildman–Crippen MR) is 112 cm³/mol. The van der Waals surface area contributed by atoms with E-state index in [-0.39, 0.29) is 0 Å². The number of ether oxygens (including phenoxy) is 4. The molecule has 2 N–H and O–H groups in total. The Labute approximate surface area is 169 Å². The molecule has 0 aliphatic carbocycles. The second kappa shape index (κ2) is 9.01. The molecule has 0 saturated carbocycles. The van der Waals surface area contributed by atoms with Crippen molar-refractivity contribution in [2.24, 2.45) is 0 Å². The summed E-state index contributed by atoms with van der Waals surface area (Å²) in [5.41, 5.74) is 1.55. The monoisotopic (exact) mass is 396 g/mol. The molecule has 0 unspecified atom stereocenters. The molecule has 0 aliphatic heterocycles. The number of nitrogens with zero attached hydrogens (tertiary/aromatic N) is 2. The summed E-state index contributed by atoms with van der Waals surface area (Å²) in [5, 5.41) is 6.53. The predicted octanol–water partition coefficient (Wildman–Crippen LogP) is 4.31. The van der Waals surface area contributed by atoms with Crippen LogP contribution in [0.1, 0.15) is 5.82 Å². The van der Waals surface area contributed by atoms with E-state index in [1.807, 2.05) is 49.4 Å². The van der Waals surface area contributed by atoms with E-state index in [1.165, 1.54) is 0 Å². The van der Waals surface area contributed by atoms with E-state index in [2.05, 4.69) is 20.6 Å². The van der Waals surface area contributed by atoms with Crippen molar-refractivity contribution < 1.29 is 18.9 Å². The lowest BCUT2D eigenvalue weighted by Crippen LogP contribution is -2.03. The lowest BCUT2D eigenvalue weighted by Gasteiger charge is -2.15. The van der Waals surface area contributed by atoms with Crippen LogP contribution >= 0.6 is 0 Å². The third kappa shape index (κ3) is 4.60. The molecule has 0 spiro atoms. The lowest BCUT2D eigenvalue weighted by atomic mass is 10.2. The van der Waals surface area contributed by atoms with Gasteiger partial charge in [-0.15, -0.1) is 0 Å². The molecule has 8 heteroatoms. The van der Waals surface area contributed by atoms with Crippen molar-refractivity contribution in [3.63, 3.8) is 0 Å². The maximum absolute atomic E-state index is 5.41. The summed E-state index contributed by atoms with van der Waals surface area (Å²) in [7, 11) is 6.34. The Balaban J connectivity index is 1.91. The van der Waals surface area contributed by atoms with E-state index in [0.29, 0.717) is 34.7 Å². The third-order valence-electron chi connectivity index (χ3n) is 4.14. The average Bonchev–Trinajstić information content (AvgIpc) is 2.72. The molecule has 8 nitrogen and oxygen atoms in total. The number of aryl methyl sites for hydroxylation is 1. The Kier molecular flexibility index (Phi) is 6.23. The number of benzene rings is 2. The van der Waals surface area contributed by atoms with Crippen molar-refractivity contribution >= 4 is 23.0 Å². The molecule has 2 aromatic carbocycles. The minimum absolute atomic E-state index is 0.526. The molecule has 0 aliphatic rings. The molecule has 1 heterocycles. The van der Waals surface area contributed by atoms with Gasteiger partial charge in [0.15, 0.2) is 11.5 Å². The highest BCUT2D eigenvalue weighted by Crippen LogP contribution is 2.40. The van der Waals surface area contributed by atoms with E-state index >= 15 is 0 Å². The first-order chi connectivity index (χ1) is 14.1. The number of hydrogen-bond acceptors (Lipinski definition) is 8. The van der Waals surface area contributed by atoms with Crippen LogP contribution in [0.5, 0.6) is 23.0 Å². The summed E-state index contributed by atoms with van der Waals surface area (Å²) < 4.78 is 21.6. The second-order valence-corrected chi connectivity index (χ2v) is 6.05. The Morgan fingerprint density at radius 1 is 0.690 bits per heavy atom. The van der Waals surface area contributed by atoms with Gasteiger partial charge >= 0.3 is 0 Å². The van der Waals surface area contributed by atoms with Gasteiger partial charge in [0.2, 0.25) is 5.75 Å². The molecule has 0 saturated heterocycles. The number of para-hydroxylation sites is 2. The second-order valence-electron chi connectivity index (χ2n) is 6.05. The molecule has 152 valence electrons. The minimum atomic E-state index is 0.526. The van der Waals surface area contributed by atoms with E-state index in [1.54, 1.807) is 28.4 Å². The lowest BCUT2D eigenvalue weighted by molar-refractivity contribution is 0.324. The summed E-state index contributed by atoms with van der Waals surface area (Å²) >= 11 is 0. The van der Waals surface area contributed by atoms with Crippen LogP contribution in [0.2, 0.25) is 0 Å². The standard InChI is InChI=1S/C21H24N4O4/c1-13-22-19(12-20(23-13)25-15-8-6-7-9-16(15)26-2)24-14-10-17(27-3)21(29-5)18(11-14)28-4/h6-12H,1-5H3,(H2,22,23,24,25). The fourth-order valence-electron chi connectivity index (χ4n) is 2.88. The van der Waals surface area contributed by atoms with E-state index in [0.717, 1.165) is 17.1 Å². The van der Waals surface area contributed by atoms with Gasteiger partial charge in [-0.25, -0.2) is 9.97 Å². The van der Waals surface area contributed by atoms with Gasteiger partial charge in [0, 0.05) is 23.9 Å². The highest BCUT2D eigenvalue weighted by Gasteiger charge is 2.14. The smallest absolute Gasteiger partial charge is 0.203 e. The molecule has 0 amide bonds. The van der Waals surface area contributed by atoms with E-state index < -0.39 is 0 Å². The molecular formula is C21H24N4O4. The molecule has 3 aromatic rings. The van der Waals surface area contributed by atoms with Crippen LogP contribution in [0.25, 0.3) is 0 Å². The van der Waals surface area contributed by atoms with Crippen molar-refractivity contribution in [2.75, 3.05) is 39.1 Å². The zero-order chi connectivity index (χ0) is 20.8. The molecular weight excluding hydrogens is 372 g/mol. The quantitative estimate of drug-likeness (QED) is 0.583. The topological polar surface area (TPSA) is 86.8 Å². The summed E-state index contributed by atoms with van der Waals surface area (Å²) in [6, 6.07) is 13.1. The van der Waals surface area contributed by atoms with Gasteiger partial charge in [-0.2, -0.15) is 0 Å². The summed E-state index contributed by atoms with van der Waals surface area (Å²) in [4.78, 5) is 8.91. The first kappa shape index (κ1) is 20.1. The zero-order valence-electron chi connectivity index (χ0n) is 17.1. The molecule has 0 fully saturated rings. The number of hydrogen-bond donors (Lipinski definition) is 2. The van der Waals surface area contributed by atoms with Gasteiger partial charge in [-0.1, -0.05) is 12.1 Å². The normalized spacial score (nSPS) is 10.2. The van der Waals surface area contributed by atoms with Gasteiger partial charge in [0.1, 0.15) is 23.2 Å². The summed E-state index contributed by atoms with van der Waals surface area (Å²) in [6.45, 7) is 1.83. The molecule has 1 aromatic heterocycles. The van der Waals surface area contributed by atoms with Crippen molar-refractivity contribution in [2.45, 2.75) is 6.92 Å². The van der Waals surface area contributed by atoms with Crippen LogP contribution in [0.4, 0.5) is 23.0 Å². The van der Waals surface area contributed by atoms with Crippen LogP contribution in [-0.2, 0) is 0 Å². The first-order valence-corrected chi connectivity index (χ1v) is 8.90. The van der Waals surface area contributed by atoms with Crippen molar-refractivity contribution in [3.05, 3.63) is 48.3 Å². The van der Waals surface area contributed by atoms with E-state index in [9.17, 15) is 0 Å². The maximum atomic E-state index is 5.41. The number of rotatable bonds is 8. The summed E-state index contributed by atoms with van der Waals surface area (Å²) in [5.74, 6) is 4.21. The minimum Gasteiger partial charge on any atom is -0.495 e. The van der Waals surface area contributed by atoms with Crippen LogP contribution in [0, 0.1) is 6.92 Å². The molecule has 0 radical (unpaired) electrons. The zero-order valence-corrected chi connectivity index (χ0v) is 17.1. The Morgan fingerprint density at radius 3 is 1.86 bits per heavy atom. The maximum Gasteiger partial charge on any atom is 0.203 e. The van der Waals surface area contributed by atoms with Gasteiger partial charge in [-0.3, -0.25) is 0 Å². The Morgan fingerprint density at radius 2 is 1.28 bits per heavy atom. The average molecular weight is 396 g/mol. The molecule has 3 rings (SSSR count). The fourth-order valence-corrected chi connectivity index (χ4v) is 2.88. The van der Waals surface area contributed by atoms with Crippen molar-refractivity contribution in [3.8, 4) is 23.0 Å². The van der Waals surface area contributed by atoms with E-state index in [4.69, 9.17) is 18.9 Å². The Hall–Kier alpha value is -3.68. The third-order valence-corrected chi connectivity index (χ3v) is 4.14. The fraction of sp³-hybridized carbons (Fsp3) is 0.238. The SMILES string of the molecule is COc1ccccc1Nc1cc(Nc2cc(OC)c(OC)c(OC)c2)nc(C)n1. The van der Waals surface area contributed by atoms with Crippen molar-refractivity contribution in [1.82, 2.24) is 9.97 Å². The van der Waals surface area contributed by atoms with Gasteiger partial charge in [0.05, 0.1) is 34.1 Å². The van der Waals surface area contributed by atoms with Gasteiger partial charge in [0.25, 0.3) is 0 Å². The number of methoxy groups -OCH3 is 4. The number of anilines is 4. The van der Waals surface area contributed by atoms with Gasteiger partial charge < -0.3 is 29.6 Å². The Bertz CT molecular complexity index is 969. The van der Waals surface area contributed by atoms with Crippen LogP contribution < -0.4 is 29.6 Å². The highest BCUT2D eigenvalue weighted by molar-refractivity contribution is 5.70. The largest absolute Gasteiger partial charge is 0.495 e. The molecule has 29 heavy (non-hydrogen) atoms. The van der Waals surface area contributed by atoms with Gasteiger partial charge in [-0.05, 0) is 19.1 Å². The van der Waals surface area contributed by atoms with Crippen LogP contribution in [0.15, 0.2) is 42.5 Å². The molecule has 0 atom stereocenters. The van der Waals surface area contributed by atoms with Crippen LogP contribution in [-0.4, -0.2) is 38.4 Å². The number of nitrogens with one attached hydrogen (secondary N) is 2. The van der Waals surface area contributed by atoms with Crippen LogP contribution in [0.3, 0.4) is 0 Å². The first-order valence-electron chi connectivity index (χ1n) is 8.90. The van der Waals surface area contributed by atoms with Crippen molar-refractivity contribution in [1.29, 1.82) is 0 Å². The number of aromatic nitrogens is 2. The summed E-state index contributed by atoms with van der Waals surface area (Å²) in [6.07, 6.45) is 0. The molecule has 0 bridgehead atoms.